The van der Waals surface area contributed by atoms with Gasteiger partial charge in [0.1, 0.15) is 58.2 Å². The van der Waals surface area contributed by atoms with Crippen molar-refractivity contribution in [3.8, 4) is 29.7 Å². The molecule has 0 spiro atoms. The second kappa shape index (κ2) is 43.2. The molecule has 4 aromatic rings. The van der Waals surface area contributed by atoms with Gasteiger partial charge < -0.3 is 48.8 Å². The van der Waals surface area contributed by atoms with Crippen LogP contribution in [0.5, 0.6) is 11.5 Å². The minimum Gasteiger partial charge on any atom is -0.493 e. The number of ether oxygens (including phenoxy) is 5. The SMILES string of the molecule is CC(C)(C)OC(=O)N1CC(CC#N)C1.CC(C)(C)OC(=O)N1CC(CO)C1.CC(C)(C)OC(=O)N1CC(COS(C)(=O)=O)C1.C[C@@H]1CC2=C(Cc3ccccc32)[C@@H](c2c(F)cc(OCCBr)cc2F)N1CC(F)(F)F.C[C@@H]1CC2=C(Cc3ccccc32)[C@@H](c2c(F)cc(OCCN3CC(CC#N)C3)cc2F)N1CC(F)(F)F.I.N#CCC1CNC1. The number of halogens is 12. The summed E-state index contributed by atoms with van der Waals surface area (Å²) in [6.07, 6.45) is -5.65. The van der Waals surface area contributed by atoms with E-state index in [-0.39, 0.29) is 103 Å². The van der Waals surface area contributed by atoms with Gasteiger partial charge in [-0.2, -0.15) is 50.5 Å². The molecule has 0 aromatic heterocycles. The normalized spacial score (nSPS) is 20.1. The molecule has 3 amide bonds. The summed E-state index contributed by atoms with van der Waals surface area (Å²) < 4.78 is 195. The molecule has 120 heavy (non-hydrogen) atoms. The highest BCUT2D eigenvalue weighted by atomic mass is 127. The Morgan fingerprint density at radius 3 is 1.22 bits per heavy atom. The average Bonchev–Trinajstić information content (AvgIpc) is 1.54. The van der Waals surface area contributed by atoms with Crippen LogP contribution in [0.1, 0.15) is 154 Å². The zero-order valence-electron chi connectivity index (χ0n) is 69.7. The van der Waals surface area contributed by atoms with Crippen molar-refractivity contribution in [2.45, 2.75) is 174 Å². The van der Waals surface area contributed by atoms with Crippen molar-refractivity contribution < 1.29 is 99.7 Å². The number of carbonyl (C=O) groups is 3. The highest BCUT2D eigenvalue weighted by Gasteiger charge is 2.48. The standard InChI is InChI=1S/C28H28F5N3O.C23H21BrF5NO.C10H16N2O2.C10H19NO5S.C9H17NO3.C5H8N2.HI/c1-17-10-22-21-5-3-2-4-19(21)11-23(22)27(36(17)16-28(31,32)33)26-24(29)12-20(13-25(26)30)37-9-8-35-14-18(15-35)6-7-34;1-13-8-17-16-5-3-2-4-14(16)9-18(17)22(30(13)12-23(27,28)29)21-19(25)10-15(11-20(21)26)31-7-6-24;1-10(2,3)14-9(13)12-6-8(7-12)4-5-11;1-10(2,3)16-9(12)11-5-8(6-11)7-15-17(4,13)14;1-9(2,3)13-8(12)10-4-7(5-10)6-11;6-2-1-5-3-7-4-5;/h2-5,12-13,17-18,27H,6,8-11,14-16H2,1H3;2-5,10-11,13,22H,6-9,12H2,1H3;8H,4,6-7H2,1-3H3;8H,5-7H2,1-4H3;7,11H,4-6H2,1-3H3;5,7H,1,3-4H2;1H/t17-,27+;13-,22+;;;;;/m11...../s1. The van der Waals surface area contributed by atoms with E-state index >= 15 is 17.6 Å². The van der Waals surface area contributed by atoms with Crippen LogP contribution in [0.15, 0.2) is 83.9 Å². The van der Waals surface area contributed by atoms with E-state index in [1.807, 2.05) is 90.1 Å². The zero-order chi connectivity index (χ0) is 87.9. The number of aliphatic hydroxyl groups excluding tert-OH is 1. The van der Waals surface area contributed by atoms with Gasteiger partial charge in [0.15, 0.2) is 0 Å². The van der Waals surface area contributed by atoms with E-state index in [0.29, 0.717) is 119 Å². The lowest BCUT2D eigenvalue weighted by atomic mass is 9.84. The molecule has 2 aliphatic carbocycles. The number of hydrogen-bond donors (Lipinski definition) is 2. The number of nitrogens with zero attached hydrogens (tertiary/aromatic N) is 9. The van der Waals surface area contributed by atoms with E-state index in [4.69, 9.17) is 44.6 Å². The smallest absolute Gasteiger partial charge is 0.410 e. The summed E-state index contributed by atoms with van der Waals surface area (Å²) in [5, 5.41) is 37.6. The van der Waals surface area contributed by atoms with Crippen molar-refractivity contribution in [3.05, 3.63) is 141 Å². The summed E-state index contributed by atoms with van der Waals surface area (Å²) in [4.78, 5) is 43.5. The van der Waals surface area contributed by atoms with Crippen LogP contribution in [0.3, 0.4) is 0 Å². The van der Waals surface area contributed by atoms with E-state index < -0.39 is 99.8 Å². The molecule has 7 heterocycles. The number of benzene rings is 4. The molecule has 4 aromatic carbocycles. The summed E-state index contributed by atoms with van der Waals surface area (Å²) >= 11 is 3.18. The van der Waals surface area contributed by atoms with Crippen molar-refractivity contribution in [3.63, 3.8) is 0 Å². The number of aliphatic hydroxyl groups is 1. The van der Waals surface area contributed by atoms with Crippen LogP contribution in [0.25, 0.3) is 11.1 Å². The monoisotopic (exact) mass is 1890 g/mol. The first kappa shape index (κ1) is 99.6. The molecular weight excluding hydrogens is 1780 g/mol. The predicted octanol–water partition coefficient (Wildman–Crippen LogP) is 16.5. The molecular formula is C85H110BrF10IN10O12S. The van der Waals surface area contributed by atoms with Crippen molar-refractivity contribution in [2.24, 2.45) is 29.6 Å². The van der Waals surface area contributed by atoms with Crippen LogP contribution in [0, 0.1) is 86.9 Å². The van der Waals surface area contributed by atoms with Crippen LogP contribution in [-0.4, -0.2) is 226 Å². The Balaban J connectivity index is 0.000000214. The molecule has 662 valence electrons. The number of likely N-dealkylation sites (tertiary alicyclic amines) is 4. The number of rotatable bonds is 18. The van der Waals surface area contributed by atoms with Crippen molar-refractivity contribution in [2.75, 3.05) is 123 Å². The quantitative estimate of drug-likeness (QED) is 0.0308. The number of amides is 3. The Kier molecular flexibility index (Phi) is 35.8. The molecule has 9 aliphatic rings. The molecule has 0 bridgehead atoms. The van der Waals surface area contributed by atoms with E-state index in [2.05, 4.69) is 48.5 Å². The van der Waals surface area contributed by atoms with Gasteiger partial charge in [-0.3, -0.25) is 18.9 Å². The van der Waals surface area contributed by atoms with Gasteiger partial charge in [-0.25, -0.2) is 31.9 Å². The van der Waals surface area contributed by atoms with Crippen LogP contribution in [-0.2, 0) is 41.4 Å². The van der Waals surface area contributed by atoms with Crippen molar-refractivity contribution >= 4 is 79.5 Å². The summed E-state index contributed by atoms with van der Waals surface area (Å²) in [6.45, 7) is 25.7. The second-order valence-corrected chi connectivity index (χ2v) is 36.7. The molecule has 0 radical (unpaired) electrons. The molecule has 0 saturated carbocycles. The first-order valence-electron chi connectivity index (χ1n) is 39.7. The molecule has 2 N–H and O–H groups in total. The van der Waals surface area contributed by atoms with Gasteiger partial charge in [-0.15, -0.1) is 24.0 Å². The number of alkyl halides is 7. The molecule has 5 fully saturated rings. The first-order chi connectivity index (χ1) is 55.7. The highest BCUT2D eigenvalue weighted by molar-refractivity contribution is 14.0. The third-order valence-corrected chi connectivity index (χ3v) is 21.6. The van der Waals surface area contributed by atoms with Gasteiger partial charge in [0.2, 0.25) is 0 Å². The fourth-order valence-electron chi connectivity index (χ4n) is 15.1. The van der Waals surface area contributed by atoms with Crippen LogP contribution >= 0.6 is 39.9 Å². The predicted molar refractivity (Wildman–Crippen MR) is 445 cm³/mol. The summed E-state index contributed by atoms with van der Waals surface area (Å²) in [5.41, 5.74) is 4.77. The largest absolute Gasteiger partial charge is 0.493 e. The number of nitrogens with one attached hydrogen (secondary N) is 1. The highest BCUT2D eigenvalue weighted by Crippen LogP contribution is 2.53. The van der Waals surface area contributed by atoms with Crippen LogP contribution in [0.4, 0.5) is 58.3 Å². The van der Waals surface area contributed by atoms with Gasteiger partial charge >= 0.3 is 30.6 Å². The maximum Gasteiger partial charge on any atom is 0.410 e. The number of hydrogen-bond acceptors (Lipinski definition) is 19. The maximum absolute atomic E-state index is 15.5. The van der Waals surface area contributed by atoms with E-state index in [0.717, 1.165) is 96.5 Å². The number of fused-ring (bicyclic) bond motifs is 4. The van der Waals surface area contributed by atoms with E-state index in [1.165, 1.54) is 14.7 Å². The van der Waals surface area contributed by atoms with Gasteiger partial charge in [0, 0.05) is 168 Å². The Hall–Kier alpha value is -7.54. The Morgan fingerprint density at radius 1 is 0.542 bits per heavy atom. The zero-order valence-corrected chi connectivity index (χ0v) is 74.5. The summed E-state index contributed by atoms with van der Waals surface area (Å²) in [7, 11) is -3.40. The lowest BCUT2D eigenvalue weighted by molar-refractivity contribution is -0.156. The lowest BCUT2D eigenvalue weighted by Gasteiger charge is -2.42. The Bertz CT molecular complexity index is 4430. The van der Waals surface area contributed by atoms with Crippen molar-refractivity contribution in [1.29, 1.82) is 15.8 Å². The third-order valence-electron chi connectivity index (χ3n) is 20.7. The lowest BCUT2D eigenvalue weighted by Crippen LogP contribution is -2.53. The van der Waals surface area contributed by atoms with Gasteiger partial charge in [-0.05, 0) is 158 Å². The Morgan fingerprint density at radius 2 is 0.892 bits per heavy atom. The molecule has 13 rings (SSSR count). The van der Waals surface area contributed by atoms with Crippen molar-refractivity contribution in [1.82, 2.24) is 34.7 Å². The average molecular weight is 1890 g/mol. The van der Waals surface area contributed by atoms with Gasteiger partial charge in [0.05, 0.1) is 62.9 Å². The summed E-state index contributed by atoms with van der Waals surface area (Å²) in [5.74, 6) is -1.97. The van der Waals surface area contributed by atoms with E-state index in [1.54, 1.807) is 44.4 Å². The minimum absolute atomic E-state index is 0. The molecule has 5 saturated heterocycles. The fraction of sp³-hybridized carbons (Fsp3) is 0.600. The van der Waals surface area contributed by atoms with E-state index in [9.17, 15) is 49.1 Å². The minimum atomic E-state index is -4.52. The third kappa shape index (κ3) is 29.3. The number of nitriles is 3. The number of carbonyl (C=O) groups excluding carboxylic acids is 3. The van der Waals surface area contributed by atoms with Crippen LogP contribution < -0.4 is 14.8 Å². The topological polar surface area (TPSA) is 264 Å². The van der Waals surface area contributed by atoms with Gasteiger partial charge in [-0.1, -0.05) is 64.5 Å². The maximum atomic E-state index is 15.5. The molecule has 7 aliphatic heterocycles. The first-order valence-corrected chi connectivity index (χ1v) is 42.6. The van der Waals surface area contributed by atoms with Crippen LogP contribution in [0.2, 0.25) is 0 Å². The fourth-order valence-corrected chi connectivity index (χ4v) is 15.7. The van der Waals surface area contributed by atoms with Gasteiger partial charge in [0.25, 0.3) is 10.1 Å². The molecule has 35 heteroatoms. The summed E-state index contributed by atoms with van der Waals surface area (Å²) in [6, 6.07) is 22.3. The molecule has 4 atom stereocenters. The Labute approximate surface area is 722 Å². The molecule has 22 nitrogen and oxygen atoms in total. The molecule has 0 unspecified atom stereocenters. The second-order valence-electron chi connectivity index (χ2n) is 34.3.